The summed E-state index contributed by atoms with van der Waals surface area (Å²) in [4.78, 5) is 27.2. The van der Waals surface area contributed by atoms with Gasteiger partial charge in [0.25, 0.3) is 5.91 Å². The number of amides is 2. The summed E-state index contributed by atoms with van der Waals surface area (Å²) in [6, 6.07) is 13.7. The molecule has 0 aliphatic rings. The molecule has 0 heterocycles. The zero-order valence-corrected chi connectivity index (χ0v) is 18.6. The van der Waals surface area contributed by atoms with Crippen LogP contribution < -0.4 is 14.8 Å². The molecule has 2 aromatic rings. The van der Waals surface area contributed by atoms with Crippen LogP contribution in [0.5, 0.6) is 11.5 Å². The molecule has 0 aromatic heterocycles. The van der Waals surface area contributed by atoms with Gasteiger partial charge in [-0.1, -0.05) is 42.8 Å². The van der Waals surface area contributed by atoms with Crippen molar-refractivity contribution < 1.29 is 19.1 Å². The predicted octanol–water partition coefficient (Wildman–Crippen LogP) is 4.06. The number of para-hydroxylation sites is 1. The van der Waals surface area contributed by atoms with Gasteiger partial charge in [-0.25, -0.2) is 0 Å². The lowest BCUT2D eigenvalue weighted by atomic mass is 10.1. The largest absolute Gasteiger partial charge is 0.497 e. The third-order valence-corrected chi connectivity index (χ3v) is 5.16. The van der Waals surface area contributed by atoms with Gasteiger partial charge in [0, 0.05) is 12.6 Å². The first kappa shape index (κ1) is 23.5. The van der Waals surface area contributed by atoms with Gasteiger partial charge in [-0.05, 0) is 50.1 Å². The number of nitrogens with zero attached hydrogens (tertiary/aromatic N) is 1. The fourth-order valence-corrected chi connectivity index (χ4v) is 2.99. The molecule has 1 N–H and O–H groups in total. The highest BCUT2D eigenvalue weighted by atomic mass is 35.5. The summed E-state index contributed by atoms with van der Waals surface area (Å²) in [6.07, 6.45) is 0.803. The second-order valence-electron chi connectivity index (χ2n) is 7.09. The predicted molar refractivity (Wildman–Crippen MR) is 118 cm³/mol. The number of ether oxygens (including phenoxy) is 2. The van der Waals surface area contributed by atoms with Crippen LogP contribution >= 0.6 is 11.6 Å². The average Bonchev–Trinajstić information content (AvgIpc) is 2.76. The van der Waals surface area contributed by atoms with Crippen molar-refractivity contribution in [2.75, 3.05) is 13.7 Å². The maximum atomic E-state index is 13.0. The molecule has 2 aromatic carbocycles. The SMILES string of the molecule is CC[C@H](C)NC(=O)[C@@H](C)N(Cc1cccc(OC)c1)C(=O)COc1ccccc1Cl. The number of halogens is 1. The fourth-order valence-electron chi connectivity index (χ4n) is 2.80. The molecule has 162 valence electrons. The van der Waals surface area contributed by atoms with Crippen LogP contribution in [0.3, 0.4) is 0 Å². The Bertz CT molecular complexity index is 859. The summed E-state index contributed by atoms with van der Waals surface area (Å²) >= 11 is 6.11. The van der Waals surface area contributed by atoms with Crippen LogP contribution in [0.25, 0.3) is 0 Å². The summed E-state index contributed by atoms with van der Waals surface area (Å²) < 4.78 is 10.9. The van der Waals surface area contributed by atoms with Gasteiger partial charge in [0.05, 0.1) is 12.1 Å². The third-order valence-electron chi connectivity index (χ3n) is 4.84. The van der Waals surface area contributed by atoms with E-state index in [2.05, 4.69) is 5.32 Å². The molecule has 0 spiro atoms. The van der Waals surface area contributed by atoms with Crippen molar-refractivity contribution in [2.45, 2.75) is 45.8 Å². The second kappa shape index (κ2) is 11.5. The number of carbonyl (C=O) groups excluding carboxylic acids is 2. The Balaban J connectivity index is 2.19. The first-order valence-corrected chi connectivity index (χ1v) is 10.3. The van der Waals surface area contributed by atoms with E-state index in [1.165, 1.54) is 4.90 Å². The van der Waals surface area contributed by atoms with E-state index in [0.717, 1.165) is 12.0 Å². The van der Waals surface area contributed by atoms with Crippen molar-refractivity contribution in [2.24, 2.45) is 0 Å². The number of carbonyl (C=O) groups is 2. The minimum absolute atomic E-state index is 0.0214. The zero-order chi connectivity index (χ0) is 22.1. The number of hydrogen-bond donors (Lipinski definition) is 1. The highest BCUT2D eigenvalue weighted by molar-refractivity contribution is 6.32. The van der Waals surface area contributed by atoms with Crippen LogP contribution in [-0.2, 0) is 16.1 Å². The Morgan fingerprint density at radius 2 is 1.87 bits per heavy atom. The van der Waals surface area contributed by atoms with Crippen LogP contribution in [-0.4, -0.2) is 42.5 Å². The summed E-state index contributed by atoms with van der Waals surface area (Å²) in [5.74, 6) is 0.581. The molecule has 2 rings (SSSR count). The molecule has 0 radical (unpaired) electrons. The van der Waals surface area contributed by atoms with Gasteiger partial charge < -0.3 is 19.7 Å². The van der Waals surface area contributed by atoms with Crippen molar-refractivity contribution in [3.63, 3.8) is 0 Å². The Morgan fingerprint density at radius 1 is 1.13 bits per heavy atom. The molecule has 7 heteroatoms. The van der Waals surface area contributed by atoms with Crippen LogP contribution in [0.15, 0.2) is 48.5 Å². The van der Waals surface area contributed by atoms with E-state index in [0.29, 0.717) is 16.5 Å². The van der Waals surface area contributed by atoms with E-state index in [9.17, 15) is 9.59 Å². The highest BCUT2D eigenvalue weighted by Crippen LogP contribution is 2.23. The maximum Gasteiger partial charge on any atom is 0.261 e. The van der Waals surface area contributed by atoms with E-state index in [4.69, 9.17) is 21.1 Å². The van der Waals surface area contributed by atoms with E-state index >= 15 is 0 Å². The van der Waals surface area contributed by atoms with Gasteiger partial charge in [0.1, 0.15) is 17.5 Å². The van der Waals surface area contributed by atoms with Gasteiger partial charge in [0.15, 0.2) is 6.61 Å². The Labute approximate surface area is 183 Å². The van der Waals surface area contributed by atoms with Gasteiger partial charge in [0.2, 0.25) is 5.91 Å². The number of methoxy groups -OCH3 is 1. The molecule has 2 amide bonds. The lowest BCUT2D eigenvalue weighted by molar-refractivity contribution is -0.142. The van der Waals surface area contributed by atoms with Crippen molar-refractivity contribution in [1.82, 2.24) is 10.2 Å². The molecule has 6 nitrogen and oxygen atoms in total. The summed E-state index contributed by atoms with van der Waals surface area (Å²) in [6.45, 7) is 5.66. The molecule has 0 bridgehead atoms. The second-order valence-corrected chi connectivity index (χ2v) is 7.49. The van der Waals surface area contributed by atoms with Crippen LogP contribution in [0, 0.1) is 0 Å². The van der Waals surface area contributed by atoms with E-state index in [-0.39, 0.29) is 31.0 Å². The van der Waals surface area contributed by atoms with Crippen molar-refractivity contribution in [3.05, 3.63) is 59.1 Å². The molecule has 0 saturated carbocycles. The number of nitrogens with one attached hydrogen (secondary N) is 1. The van der Waals surface area contributed by atoms with Gasteiger partial charge in [-0.3, -0.25) is 9.59 Å². The molecular weight excluding hydrogens is 404 g/mol. The van der Waals surface area contributed by atoms with Gasteiger partial charge in [-0.15, -0.1) is 0 Å². The Kier molecular flexibility index (Phi) is 8.99. The smallest absolute Gasteiger partial charge is 0.261 e. The molecule has 0 aliphatic carbocycles. The average molecular weight is 433 g/mol. The molecule has 0 fully saturated rings. The van der Waals surface area contributed by atoms with Crippen LogP contribution in [0.2, 0.25) is 5.02 Å². The topological polar surface area (TPSA) is 67.9 Å². The fraction of sp³-hybridized carbons (Fsp3) is 0.391. The summed E-state index contributed by atoms with van der Waals surface area (Å²) in [5, 5.41) is 3.36. The first-order valence-electron chi connectivity index (χ1n) is 9.95. The highest BCUT2D eigenvalue weighted by Gasteiger charge is 2.27. The molecule has 2 atom stereocenters. The Morgan fingerprint density at radius 3 is 2.53 bits per heavy atom. The normalized spacial score (nSPS) is 12.6. The first-order chi connectivity index (χ1) is 14.3. The van der Waals surface area contributed by atoms with E-state index < -0.39 is 6.04 Å². The summed E-state index contributed by atoms with van der Waals surface area (Å²) in [7, 11) is 1.59. The number of rotatable bonds is 10. The van der Waals surface area contributed by atoms with Gasteiger partial charge in [-0.2, -0.15) is 0 Å². The molecule has 0 saturated heterocycles. The van der Waals surface area contributed by atoms with Crippen LogP contribution in [0.4, 0.5) is 0 Å². The van der Waals surface area contributed by atoms with E-state index in [1.807, 2.05) is 38.1 Å². The number of hydrogen-bond acceptors (Lipinski definition) is 4. The maximum absolute atomic E-state index is 13.0. The quantitative estimate of drug-likeness (QED) is 0.614. The van der Waals surface area contributed by atoms with Gasteiger partial charge >= 0.3 is 0 Å². The minimum Gasteiger partial charge on any atom is -0.497 e. The molecule has 30 heavy (non-hydrogen) atoms. The minimum atomic E-state index is -0.674. The zero-order valence-electron chi connectivity index (χ0n) is 17.9. The lowest BCUT2D eigenvalue weighted by Crippen LogP contribution is -2.50. The molecule has 0 unspecified atom stereocenters. The van der Waals surface area contributed by atoms with Crippen molar-refractivity contribution in [3.8, 4) is 11.5 Å². The monoisotopic (exact) mass is 432 g/mol. The standard InChI is InChI=1S/C23H29ClN2O4/c1-5-16(2)25-23(28)17(3)26(14-18-9-8-10-19(13-18)29-4)22(27)15-30-21-12-7-6-11-20(21)24/h6-13,16-17H,5,14-15H2,1-4H3,(H,25,28)/t16-,17+/m0/s1. The van der Waals surface area contributed by atoms with Crippen molar-refractivity contribution in [1.29, 1.82) is 0 Å². The summed E-state index contributed by atoms with van der Waals surface area (Å²) in [5.41, 5.74) is 0.851. The third kappa shape index (κ3) is 6.66. The van der Waals surface area contributed by atoms with E-state index in [1.54, 1.807) is 38.3 Å². The Hall–Kier alpha value is -2.73. The number of benzene rings is 2. The van der Waals surface area contributed by atoms with Crippen molar-refractivity contribution >= 4 is 23.4 Å². The molecule has 0 aliphatic heterocycles. The lowest BCUT2D eigenvalue weighted by Gasteiger charge is -2.29. The van der Waals surface area contributed by atoms with Crippen LogP contribution in [0.1, 0.15) is 32.8 Å². The molecular formula is C23H29ClN2O4.